The number of carbonyl (C=O) groups is 3. The Labute approximate surface area is 299 Å². The van der Waals surface area contributed by atoms with Crippen molar-refractivity contribution in [3.63, 3.8) is 0 Å². The van der Waals surface area contributed by atoms with Crippen LogP contribution in [0.15, 0.2) is 42.6 Å². The number of hydrogen-bond donors (Lipinski definition) is 3. The maximum Gasteiger partial charge on any atom is 0.419 e. The molecule has 0 unspecified atom stereocenters. The number of nitrogens with two attached hydrogens (primary N) is 1. The van der Waals surface area contributed by atoms with Gasteiger partial charge in [-0.1, -0.05) is 70.1 Å². The standard InChI is InChI=1S/C28H22F5N5O3.C10H23N/c1-13-16(14(2)39)4-5-18-17(13)6-8-22(18)37-27(41)24-10-23(36-25-21(30)12-35-38(24)25)26(40)34-11-15-3-7-20(29)19(9-15)28(31,32)33;1-2-3-4-5-6-7-8-9-10-11/h3-5,7,9-10,12,22H,6,8,11H2,1-2H3,(H,34,40)(H,37,41);2-11H2,1H3/t22-;/m0./s1. The van der Waals surface area contributed by atoms with Crippen molar-refractivity contribution in [2.75, 3.05) is 6.54 Å². The van der Waals surface area contributed by atoms with Crippen molar-refractivity contribution < 1.29 is 36.3 Å². The van der Waals surface area contributed by atoms with Crippen LogP contribution in [0.5, 0.6) is 0 Å². The molecule has 1 atom stereocenters. The van der Waals surface area contributed by atoms with Gasteiger partial charge in [0.25, 0.3) is 11.8 Å². The van der Waals surface area contributed by atoms with Crippen LogP contribution in [0.3, 0.4) is 0 Å². The fourth-order valence-electron chi connectivity index (χ4n) is 6.31. The molecule has 2 amide bonds. The molecule has 4 aromatic rings. The fourth-order valence-corrected chi connectivity index (χ4v) is 6.31. The topological polar surface area (TPSA) is 131 Å². The number of amides is 2. The second-order valence-corrected chi connectivity index (χ2v) is 12.9. The van der Waals surface area contributed by atoms with Gasteiger partial charge in [0.1, 0.15) is 17.2 Å². The number of benzene rings is 2. The molecular formula is C38H45F5N6O3. The summed E-state index contributed by atoms with van der Waals surface area (Å²) in [4.78, 5) is 42.1. The van der Waals surface area contributed by atoms with E-state index in [4.69, 9.17) is 5.73 Å². The third kappa shape index (κ3) is 9.99. The van der Waals surface area contributed by atoms with Gasteiger partial charge in [0, 0.05) is 18.2 Å². The SMILES string of the molecule is CC(=O)c1ccc2c(c1C)CC[C@@H]2NC(=O)c1cc(C(=O)NCc2ccc(F)c(C(F)(F)F)c2)nc2c(F)cnn12.CCCCCCCCCCN. The number of nitrogens with one attached hydrogen (secondary N) is 2. The first-order chi connectivity index (χ1) is 24.8. The predicted octanol–water partition coefficient (Wildman–Crippen LogP) is 7.97. The molecule has 14 heteroatoms. The average molecular weight is 729 g/mol. The van der Waals surface area contributed by atoms with Gasteiger partial charge in [-0.25, -0.2) is 18.3 Å². The summed E-state index contributed by atoms with van der Waals surface area (Å²) in [5, 5.41) is 9.07. The molecule has 0 fully saturated rings. The molecule has 0 bridgehead atoms. The first-order valence-electron chi connectivity index (χ1n) is 17.6. The summed E-state index contributed by atoms with van der Waals surface area (Å²) in [5.41, 5.74) is 6.13. The number of carbonyl (C=O) groups excluding carboxylic acids is 3. The number of fused-ring (bicyclic) bond motifs is 2. The van der Waals surface area contributed by atoms with Gasteiger partial charge in [0.05, 0.1) is 17.8 Å². The van der Waals surface area contributed by atoms with Crippen LogP contribution in [0, 0.1) is 18.6 Å². The van der Waals surface area contributed by atoms with Crippen LogP contribution < -0.4 is 16.4 Å². The van der Waals surface area contributed by atoms with Crippen molar-refractivity contribution in [2.45, 2.75) is 104 Å². The van der Waals surface area contributed by atoms with Crippen LogP contribution in [-0.4, -0.2) is 38.7 Å². The minimum absolute atomic E-state index is 0.0372. The van der Waals surface area contributed by atoms with E-state index in [1.54, 1.807) is 12.1 Å². The van der Waals surface area contributed by atoms with E-state index in [-0.39, 0.29) is 22.7 Å². The van der Waals surface area contributed by atoms with Gasteiger partial charge in [-0.05, 0) is 74.0 Å². The maximum atomic E-state index is 14.4. The van der Waals surface area contributed by atoms with Crippen LogP contribution in [0.25, 0.3) is 5.65 Å². The highest BCUT2D eigenvalue weighted by Gasteiger charge is 2.34. The van der Waals surface area contributed by atoms with E-state index in [9.17, 15) is 36.3 Å². The van der Waals surface area contributed by atoms with E-state index in [2.05, 4.69) is 27.6 Å². The summed E-state index contributed by atoms with van der Waals surface area (Å²) in [6.45, 7) is 6.04. The van der Waals surface area contributed by atoms with Crippen molar-refractivity contribution in [1.82, 2.24) is 25.2 Å². The van der Waals surface area contributed by atoms with E-state index in [1.165, 1.54) is 58.3 Å². The summed E-state index contributed by atoms with van der Waals surface area (Å²) in [7, 11) is 0. The van der Waals surface area contributed by atoms with Crippen LogP contribution in [0.1, 0.15) is 137 Å². The molecule has 9 nitrogen and oxygen atoms in total. The van der Waals surface area contributed by atoms with E-state index < -0.39 is 53.4 Å². The monoisotopic (exact) mass is 728 g/mol. The Balaban J connectivity index is 0.000000477. The summed E-state index contributed by atoms with van der Waals surface area (Å²) < 4.78 is 68.1. The number of hydrogen-bond acceptors (Lipinski definition) is 6. The molecule has 1 aliphatic rings. The Morgan fingerprint density at radius 3 is 2.29 bits per heavy atom. The highest BCUT2D eigenvalue weighted by Crippen LogP contribution is 2.35. The van der Waals surface area contributed by atoms with Gasteiger partial charge in [-0.15, -0.1) is 0 Å². The van der Waals surface area contributed by atoms with Crippen molar-refractivity contribution in [1.29, 1.82) is 0 Å². The van der Waals surface area contributed by atoms with Gasteiger partial charge < -0.3 is 16.4 Å². The van der Waals surface area contributed by atoms with E-state index >= 15 is 0 Å². The van der Waals surface area contributed by atoms with Crippen LogP contribution >= 0.6 is 0 Å². The molecule has 0 aliphatic heterocycles. The van der Waals surface area contributed by atoms with Crippen molar-refractivity contribution >= 4 is 23.2 Å². The zero-order chi connectivity index (χ0) is 38.0. The summed E-state index contributed by atoms with van der Waals surface area (Å²) in [6, 6.07) is 6.46. The molecule has 0 spiro atoms. The molecule has 52 heavy (non-hydrogen) atoms. The smallest absolute Gasteiger partial charge is 0.347 e. The average Bonchev–Trinajstić information content (AvgIpc) is 3.70. The first-order valence-corrected chi connectivity index (χ1v) is 17.6. The number of rotatable bonds is 14. The highest BCUT2D eigenvalue weighted by atomic mass is 19.4. The van der Waals surface area contributed by atoms with Gasteiger partial charge in [0.2, 0.25) is 0 Å². The van der Waals surface area contributed by atoms with E-state index in [0.29, 0.717) is 30.5 Å². The van der Waals surface area contributed by atoms with Gasteiger partial charge in [-0.2, -0.15) is 18.3 Å². The molecule has 280 valence electrons. The largest absolute Gasteiger partial charge is 0.419 e. The van der Waals surface area contributed by atoms with Crippen molar-refractivity contribution in [2.24, 2.45) is 5.73 Å². The fraction of sp³-hybridized carbons (Fsp3) is 0.447. The number of ketones is 1. The van der Waals surface area contributed by atoms with Crippen molar-refractivity contribution in [3.05, 3.63) is 99.0 Å². The summed E-state index contributed by atoms with van der Waals surface area (Å²) >= 11 is 0. The second-order valence-electron chi connectivity index (χ2n) is 12.9. The molecule has 1 aliphatic carbocycles. The van der Waals surface area contributed by atoms with Crippen molar-refractivity contribution in [3.8, 4) is 0 Å². The zero-order valence-corrected chi connectivity index (χ0v) is 29.6. The molecule has 2 aromatic heterocycles. The lowest BCUT2D eigenvalue weighted by Gasteiger charge is -2.16. The normalized spacial score (nSPS) is 13.8. The Morgan fingerprint density at radius 2 is 1.63 bits per heavy atom. The highest BCUT2D eigenvalue weighted by molar-refractivity contribution is 5.99. The maximum absolute atomic E-state index is 14.4. The molecule has 2 heterocycles. The minimum Gasteiger partial charge on any atom is -0.347 e. The molecule has 0 radical (unpaired) electrons. The van der Waals surface area contributed by atoms with Gasteiger partial charge in [0.15, 0.2) is 17.2 Å². The quantitative estimate of drug-likeness (QED) is 0.0686. The molecule has 0 saturated heterocycles. The third-order valence-electron chi connectivity index (χ3n) is 9.12. The van der Waals surface area contributed by atoms with Crippen LogP contribution in [0.4, 0.5) is 22.0 Å². The lowest BCUT2D eigenvalue weighted by atomic mass is 9.96. The van der Waals surface area contributed by atoms with Crippen LogP contribution in [0.2, 0.25) is 0 Å². The summed E-state index contributed by atoms with van der Waals surface area (Å²) in [5.74, 6) is -4.00. The molecular weight excluding hydrogens is 683 g/mol. The first kappa shape index (κ1) is 40.1. The zero-order valence-electron chi connectivity index (χ0n) is 29.6. The molecule has 2 aromatic carbocycles. The Bertz CT molecular complexity index is 1880. The lowest BCUT2D eigenvalue weighted by molar-refractivity contribution is -0.140. The number of nitrogens with zero attached hydrogens (tertiary/aromatic N) is 3. The number of alkyl halides is 3. The Kier molecular flexibility index (Phi) is 14.0. The van der Waals surface area contributed by atoms with Crippen LogP contribution in [-0.2, 0) is 19.1 Å². The summed E-state index contributed by atoms with van der Waals surface area (Å²) in [6.07, 6.45) is 8.06. The Hall–Kier alpha value is -4.72. The molecule has 5 rings (SSSR count). The third-order valence-corrected chi connectivity index (χ3v) is 9.12. The molecule has 0 saturated carbocycles. The second kappa shape index (κ2) is 18.2. The number of aromatic nitrogens is 3. The lowest BCUT2D eigenvalue weighted by Crippen LogP contribution is -2.30. The Morgan fingerprint density at radius 1 is 0.942 bits per heavy atom. The van der Waals surface area contributed by atoms with E-state index in [1.807, 2.05) is 6.92 Å². The molecule has 4 N–H and O–H groups in total. The minimum atomic E-state index is -4.92. The van der Waals surface area contributed by atoms with Gasteiger partial charge >= 0.3 is 6.18 Å². The number of Topliss-reactive ketones (excluding diaryl/α,β-unsaturated/α-hetero) is 1. The van der Waals surface area contributed by atoms with Gasteiger partial charge in [-0.3, -0.25) is 14.4 Å². The van der Waals surface area contributed by atoms with E-state index in [0.717, 1.165) is 46.1 Å². The predicted molar refractivity (Wildman–Crippen MR) is 187 cm³/mol. The number of halogens is 5. The number of unbranched alkanes of at least 4 members (excludes halogenated alkanes) is 7.